The number of hydrogen-bond donors (Lipinski definition) is 8. The highest BCUT2D eigenvalue weighted by atomic mass is 35.5. The first-order valence-electron chi connectivity index (χ1n) is 14.5. The van der Waals surface area contributed by atoms with Crippen molar-refractivity contribution in [1.82, 2.24) is 21.3 Å². The van der Waals surface area contributed by atoms with Gasteiger partial charge in [0.25, 0.3) is 5.91 Å². The molecule has 47 heavy (non-hydrogen) atoms. The topological polar surface area (TPSA) is 235 Å². The quantitative estimate of drug-likeness (QED) is 0.128. The molecule has 0 unspecified atom stereocenters. The van der Waals surface area contributed by atoms with Gasteiger partial charge in [0.15, 0.2) is 17.5 Å². The summed E-state index contributed by atoms with van der Waals surface area (Å²) >= 11 is 6.52. The minimum absolute atomic E-state index is 0. The molecule has 2 aliphatic heterocycles. The maximum atomic E-state index is 13.7. The zero-order chi connectivity index (χ0) is 34.3. The van der Waals surface area contributed by atoms with Crippen molar-refractivity contribution in [3.05, 3.63) is 46.5 Å². The van der Waals surface area contributed by atoms with Crippen LogP contribution in [0.1, 0.15) is 50.0 Å². The van der Waals surface area contributed by atoms with Crippen LogP contribution in [0.4, 0.5) is 0 Å². The van der Waals surface area contributed by atoms with Crippen LogP contribution in [0.3, 0.4) is 0 Å². The first-order valence-corrected chi connectivity index (χ1v) is 14.8. The van der Waals surface area contributed by atoms with Gasteiger partial charge in [-0.3, -0.25) is 24.0 Å². The highest BCUT2D eigenvalue weighted by Gasteiger charge is 2.37. The zero-order valence-electron chi connectivity index (χ0n) is 26.4. The molecule has 4 rings (SSSR count). The second kappa shape index (κ2) is 17.0. The molecule has 17 heteroatoms. The Hall–Kier alpha value is -4.31. The van der Waals surface area contributed by atoms with Crippen LogP contribution in [0, 0.1) is 5.92 Å². The molecule has 2 aliphatic rings. The third-order valence-electron chi connectivity index (χ3n) is 7.31. The van der Waals surface area contributed by atoms with Gasteiger partial charge in [-0.25, -0.2) is 0 Å². The standard InChI is InChI=1S/C30H39ClN6O9.ClH/c1-13(2)8-17(33-3)27(41)37-24-25(40)14-6-7-20(16(31)9-14)46-21-11-15(10-19(38)26(21)45-5)23(29(43)34-4)36-28(42)18(12-22(32)39)35-30(24)44;/h6-7,9-11,13,17-18,23-25,33,38,40H,8,12H2,1-5H3,(H2,32,39)(H,34,43)(H,35,44)(H,36,42)(H,37,41);1H/t17-,18+,23-,24-,25-;/m1./s1. The second-order valence-corrected chi connectivity index (χ2v) is 11.6. The molecule has 2 heterocycles. The van der Waals surface area contributed by atoms with Crippen LogP contribution in [-0.2, 0) is 24.0 Å². The predicted octanol–water partition coefficient (Wildman–Crippen LogP) is -3.75. The molecule has 0 saturated carbocycles. The molecule has 10 N–H and O–H groups in total. The number of amides is 5. The van der Waals surface area contributed by atoms with E-state index in [0.717, 1.165) is 0 Å². The van der Waals surface area contributed by atoms with Crippen LogP contribution in [0.15, 0.2) is 30.3 Å². The van der Waals surface area contributed by atoms with Gasteiger partial charge >= 0.3 is 0 Å². The molecule has 0 aromatic heterocycles. The number of halogens is 2. The summed E-state index contributed by atoms with van der Waals surface area (Å²) in [7, 11) is 4.29. The van der Waals surface area contributed by atoms with Crippen molar-refractivity contribution < 1.29 is 61.4 Å². The molecule has 15 nitrogen and oxygen atoms in total. The Morgan fingerprint density at radius 3 is 2.34 bits per heavy atom. The van der Waals surface area contributed by atoms with Crippen molar-refractivity contribution in [3.63, 3.8) is 0 Å². The number of methoxy groups -OCH3 is 1. The molecule has 0 fully saturated rings. The fourth-order valence-electron chi connectivity index (χ4n) is 4.96. The fraction of sp³-hybridized carbons (Fsp3) is 0.433. The van der Waals surface area contributed by atoms with Gasteiger partial charge in [-0.2, -0.15) is 0 Å². The number of aliphatic hydroxyl groups excluding tert-OH is 1. The molecular formula is C30H40Cl2N6O9. The Morgan fingerprint density at radius 2 is 1.79 bits per heavy atom. The van der Waals surface area contributed by atoms with Gasteiger partial charge in [0.1, 0.15) is 30.0 Å². The number of rotatable bonds is 9. The summed E-state index contributed by atoms with van der Waals surface area (Å²) in [5.74, 6) is -4.74. The lowest BCUT2D eigenvalue weighted by atomic mass is 9.98. The lowest BCUT2D eigenvalue weighted by Crippen LogP contribution is -3.00. The van der Waals surface area contributed by atoms with E-state index in [1.807, 2.05) is 13.8 Å². The number of nitrogens with two attached hydrogens (primary N) is 2. The minimum Gasteiger partial charge on any atom is -1.00 e. The number of fused-ring (bicyclic) bond motifs is 9. The third kappa shape index (κ3) is 9.60. The van der Waals surface area contributed by atoms with Crippen LogP contribution < -0.4 is 54.2 Å². The number of phenolic OH excluding ortho intramolecular Hbond substituents is 1. The highest BCUT2D eigenvalue weighted by Crippen LogP contribution is 2.43. The normalized spacial score (nSPS) is 20.2. The van der Waals surface area contributed by atoms with Crippen molar-refractivity contribution in [2.75, 3.05) is 21.2 Å². The van der Waals surface area contributed by atoms with Crippen LogP contribution >= 0.6 is 11.6 Å². The monoisotopic (exact) mass is 698 g/mol. The van der Waals surface area contributed by atoms with E-state index >= 15 is 0 Å². The van der Waals surface area contributed by atoms with E-state index in [9.17, 15) is 34.2 Å². The molecule has 258 valence electrons. The largest absolute Gasteiger partial charge is 1.00 e. The number of carbonyl (C=O) groups excluding carboxylic acids is 5. The van der Waals surface area contributed by atoms with Gasteiger partial charge in [-0.05, 0) is 41.3 Å². The molecule has 5 atom stereocenters. The molecule has 0 radical (unpaired) electrons. The average molecular weight is 700 g/mol. The summed E-state index contributed by atoms with van der Waals surface area (Å²) < 4.78 is 11.2. The second-order valence-electron chi connectivity index (χ2n) is 11.2. The number of phenols is 1. The first kappa shape index (κ1) is 38.9. The van der Waals surface area contributed by atoms with E-state index < -0.39 is 72.0 Å². The molecule has 5 amide bonds. The Kier molecular flexibility index (Phi) is 14.1. The van der Waals surface area contributed by atoms with Crippen LogP contribution in [-0.4, -0.2) is 79.1 Å². The van der Waals surface area contributed by atoms with E-state index in [1.54, 1.807) is 12.4 Å². The van der Waals surface area contributed by atoms with Crippen molar-refractivity contribution in [2.45, 2.75) is 57.0 Å². The molecule has 4 bridgehead atoms. The summed E-state index contributed by atoms with van der Waals surface area (Å²) in [4.78, 5) is 65.6. The van der Waals surface area contributed by atoms with E-state index in [4.69, 9.17) is 26.8 Å². The van der Waals surface area contributed by atoms with E-state index in [2.05, 4.69) is 21.3 Å². The van der Waals surface area contributed by atoms with Gasteiger partial charge in [0.2, 0.25) is 29.4 Å². The number of likely N-dealkylation sites (N-methyl/N-ethyl adjacent to an activating group) is 2. The summed E-state index contributed by atoms with van der Waals surface area (Å²) in [5.41, 5.74) is 5.53. The number of ether oxygens (including phenoxy) is 2. The van der Waals surface area contributed by atoms with Crippen molar-refractivity contribution in [3.8, 4) is 23.0 Å². The number of benzene rings is 2. The summed E-state index contributed by atoms with van der Waals surface area (Å²) in [6.07, 6.45) is -1.94. The summed E-state index contributed by atoms with van der Waals surface area (Å²) in [5, 5.41) is 33.6. The van der Waals surface area contributed by atoms with Crippen LogP contribution in [0.2, 0.25) is 5.02 Å². The van der Waals surface area contributed by atoms with Gasteiger partial charge in [-0.1, -0.05) is 31.5 Å². The fourth-order valence-corrected chi connectivity index (χ4v) is 5.19. The molecule has 0 saturated heterocycles. The van der Waals surface area contributed by atoms with Gasteiger partial charge in [0, 0.05) is 13.5 Å². The number of nitrogens with one attached hydrogen (secondary N) is 4. The van der Waals surface area contributed by atoms with E-state index in [1.165, 1.54) is 44.5 Å². The summed E-state index contributed by atoms with van der Waals surface area (Å²) in [6.45, 7) is 3.85. The Balaban J connectivity index is 0.00000768. The predicted molar refractivity (Wildman–Crippen MR) is 165 cm³/mol. The Morgan fingerprint density at radius 1 is 1.11 bits per heavy atom. The van der Waals surface area contributed by atoms with E-state index in [-0.39, 0.29) is 51.7 Å². The van der Waals surface area contributed by atoms with Gasteiger partial charge in [-0.15, -0.1) is 0 Å². The number of aromatic hydroxyl groups is 1. The minimum atomic E-state index is -1.70. The maximum absolute atomic E-state index is 13.7. The third-order valence-corrected chi connectivity index (χ3v) is 7.60. The average Bonchev–Trinajstić information content (AvgIpc) is 2.99. The highest BCUT2D eigenvalue weighted by molar-refractivity contribution is 6.32. The van der Waals surface area contributed by atoms with Gasteiger partial charge < -0.3 is 64.4 Å². The van der Waals surface area contributed by atoms with Gasteiger partial charge in [0.05, 0.1) is 25.6 Å². The van der Waals surface area contributed by atoms with Crippen LogP contribution in [0.25, 0.3) is 0 Å². The van der Waals surface area contributed by atoms with Crippen molar-refractivity contribution in [1.29, 1.82) is 0 Å². The zero-order valence-corrected chi connectivity index (χ0v) is 27.9. The SMILES string of the molecule is CNC(=O)[C@@H]1NC(=O)[C@H](CC(N)=O)NC(=O)[C@H](NC(=O)[C@@H](CC(C)C)[NH2+]C)[C@H](O)c2ccc(c(Cl)c2)Oc2cc1cc(O)c2OC.[Cl-]. The lowest BCUT2D eigenvalue weighted by molar-refractivity contribution is -0.651. The molecule has 0 spiro atoms. The smallest absolute Gasteiger partial charge is 0.278 e. The number of aliphatic hydroxyl groups is 1. The van der Waals surface area contributed by atoms with E-state index in [0.29, 0.717) is 6.42 Å². The van der Waals surface area contributed by atoms with Crippen molar-refractivity contribution >= 4 is 41.1 Å². The lowest BCUT2D eigenvalue weighted by Gasteiger charge is -2.28. The molecule has 0 aliphatic carbocycles. The maximum Gasteiger partial charge on any atom is 0.278 e. The number of hydrogen-bond acceptors (Lipinski definition) is 9. The molecular weight excluding hydrogens is 659 g/mol. The summed E-state index contributed by atoms with van der Waals surface area (Å²) in [6, 6.07) is 1.20. The Bertz CT molecular complexity index is 1490. The Labute approximate surface area is 282 Å². The number of quaternary nitrogens is 1. The number of primary amides is 1. The number of carbonyl (C=O) groups is 5. The first-order chi connectivity index (χ1) is 21.7. The van der Waals surface area contributed by atoms with Crippen molar-refractivity contribution in [2.24, 2.45) is 11.7 Å². The van der Waals surface area contributed by atoms with Crippen LogP contribution in [0.5, 0.6) is 23.0 Å². The molecule has 2 aromatic carbocycles. The molecule has 2 aromatic rings.